The second-order valence-corrected chi connectivity index (χ2v) is 3.65. The van der Waals surface area contributed by atoms with Gasteiger partial charge in [0.15, 0.2) is 0 Å². The molecule has 1 N–H and O–H groups in total. The fourth-order valence-electron chi connectivity index (χ4n) is 0.969. The zero-order valence-corrected chi connectivity index (χ0v) is 8.08. The van der Waals surface area contributed by atoms with Crippen LogP contribution in [0, 0.1) is 0 Å². The van der Waals surface area contributed by atoms with Crippen LogP contribution in [0.15, 0.2) is 34.7 Å². The van der Waals surface area contributed by atoms with Gasteiger partial charge in [0.1, 0.15) is 6.61 Å². The third kappa shape index (κ3) is 2.20. The number of hydrogen-bond donors (Lipinski definition) is 1. The second-order valence-electron chi connectivity index (χ2n) is 2.62. The quantitative estimate of drug-likeness (QED) is 0.829. The molecule has 0 unspecified atom stereocenters. The maximum Gasteiger partial charge on any atom is 0.254 e. The molecule has 0 bridgehead atoms. The molecular weight excluding hydrogens is 200 g/mol. The zero-order valence-electron chi connectivity index (χ0n) is 7.27. The molecule has 14 heavy (non-hydrogen) atoms. The lowest BCUT2D eigenvalue weighted by Crippen LogP contribution is -2.06. The van der Waals surface area contributed by atoms with E-state index >= 15 is 0 Å². The summed E-state index contributed by atoms with van der Waals surface area (Å²) in [6, 6.07) is 5.25. The van der Waals surface area contributed by atoms with Gasteiger partial charge in [-0.1, -0.05) is 6.07 Å². The molecule has 0 fully saturated rings. The average Bonchev–Trinajstić information content (AvgIpc) is 2.67. The summed E-state index contributed by atoms with van der Waals surface area (Å²) in [5.74, 6) is 0.349. The molecule has 0 amide bonds. The van der Waals surface area contributed by atoms with Crippen LogP contribution in [0.3, 0.4) is 0 Å². The van der Waals surface area contributed by atoms with Gasteiger partial charge >= 0.3 is 0 Å². The van der Waals surface area contributed by atoms with Gasteiger partial charge in [0.2, 0.25) is 5.88 Å². The van der Waals surface area contributed by atoms with Gasteiger partial charge in [0.25, 0.3) is 5.56 Å². The van der Waals surface area contributed by atoms with Crippen LogP contribution in [-0.4, -0.2) is 9.97 Å². The molecule has 0 aromatic carbocycles. The Bertz CT molecular complexity index is 450. The number of nitrogens with one attached hydrogen (secondary N) is 1. The Hall–Kier alpha value is -1.62. The molecule has 0 radical (unpaired) electrons. The highest BCUT2D eigenvalue weighted by Gasteiger charge is 1.97. The minimum atomic E-state index is -0.207. The Morgan fingerprint density at radius 2 is 2.50 bits per heavy atom. The smallest absolute Gasteiger partial charge is 0.254 e. The van der Waals surface area contributed by atoms with Crippen LogP contribution in [0.25, 0.3) is 0 Å². The minimum absolute atomic E-state index is 0.207. The van der Waals surface area contributed by atoms with Crippen molar-refractivity contribution in [1.29, 1.82) is 0 Å². The lowest BCUT2D eigenvalue weighted by atomic mass is 10.5. The fourth-order valence-corrected chi connectivity index (χ4v) is 1.59. The fraction of sp³-hybridized carbons (Fsp3) is 0.111. The number of rotatable bonds is 3. The highest BCUT2D eigenvalue weighted by molar-refractivity contribution is 7.09. The first-order valence-corrected chi connectivity index (χ1v) is 4.92. The van der Waals surface area contributed by atoms with E-state index in [0.29, 0.717) is 12.5 Å². The highest BCUT2D eigenvalue weighted by atomic mass is 32.1. The van der Waals surface area contributed by atoms with E-state index < -0.39 is 0 Å². The van der Waals surface area contributed by atoms with Gasteiger partial charge in [-0.2, -0.15) is 0 Å². The number of nitrogens with zero attached hydrogens (tertiary/aromatic N) is 1. The number of hydrogen-bond acceptors (Lipinski definition) is 4. The summed E-state index contributed by atoms with van der Waals surface area (Å²) in [6.45, 7) is 0.453. The molecule has 2 aromatic rings. The molecule has 2 heterocycles. The molecule has 2 aromatic heterocycles. The van der Waals surface area contributed by atoms with Crippen molar-refractivity contribution in [3.63, 3.8) is 0 Å². The molecule has 72 valence electrons. The van der Waals surface area contributed by atoms with Gasteiger partial charge in [-0.25, -0.2) is 4.98 Å². The third-order valence-corrected chi connectivity index (χ3v) is 2.45. The summed E-state index contributed by atoms with van der Waals surface area (Å²) in [6.07, 6.45) is 1.33. The summed E-state index contributed by atoms with van der Waals surface area (Å²) >= 11 is 1.61. The van der Waals surface area contributed by atoms with E-state index in [4.69, 9.17) is 4.74 Å². The average molecular weight is 208 g/mol. The molecule has 0 aliphatic carbocycles. The van der Waals surface area contributed by atoms with Gasteiger partial charge in [-0.05, 0) is 11.4 Å². The van der Waals surface area contributed by atoms with Crippen molar-refractivity contribution in [1.82, 2.24) is 9.97 Å². The summed E-state index contributed by atoms with van der Waals surface area (Å²) in [5.41, 5.74) is -0.207. The molecule has 0 saturated heterocycles. The molecule has 0 aliphatic heterocycles. The van der Waals surface area contributed by atoms with Crippen molar-refractivity contribution in [3.05, 3.63) is 45.1 Å². The first-order valence-electron chi connectivity index (χ1n) is 4.04. The minimum Gasteiger partial charge on any atom is -0.472 e. The number of thiophene rings is 1. The normalized spacial score (nSPS) is 10.0. The van der Waals surface area contributed by atoms with E-state index in [2.05, 4.69) is 9.97 Å². The number of aromatic nitrogens is 2. The zero-order chi connectivity index (χ0) is 9.80. The molecular formula is C9H8N2O2S. The van der Waals surface area contributed by atoms with Crippen LogP contribution in [0.4, 0.5) is 0 Å². The largest absolute Gasteiger partial charge is 0.472 e. The van der Waals surface area contributed by atoms with Gasteiger partial charge in [-0.15, -0.1) is 11.3 Å². The van der Waals surface area contributed by atoms with E-state index in [0.717, 1.165) is 4.88 Å². The van der Waals surface area contributed by atoms with Crippen LogP contribution >= 0.6 is 11.3 Å². The first kappa shape index (κ1) is 8.96. The van der Waals surface area contributed by atoms with Crippen LogP contribution in [0.1, 0.15) is 4.88 Å². The standard InChI is InChI=1S/C9H8N2O2S/c12-8-4-9(11-6-10-8)13-5-7-2-1-3-14-7/h1-4,6H,5H2,(H,10,11,12). The molecule has 0 spiro atoms. The van der Waals surface area contributed by atoms with Crippen molar-refractivity contribution >= 4 is 11.3 Å². The van der Waals surface area contributed by atoms with E-state index in [-0.39, 0.29) is 5.56 Å². The van der Waals surface area contributed by atoms with Gasteiger partial charge in [0, 0.05) is 4.88 Å². The maximum atomic E-state index is 10.9. The summed E-state index contributed by atoms with van der Waals surface area (Å²) in [4.78, 5) is 18.3. The van der Waals surface area contributed by atoms with Crippen molar-refractivity contribution < 1.29 is 4.74 Å². The molecule has 0 atom stereocenters. The van der Waals surface area contributed by atoms with E-state index in [9.17, 15) is 4.79 Å². The maximum absolute atomic E-state index is 10.9. The van der Waals surface area contributed by atoms with Crippen molar-refractivity contribution in [2.24, 2.45) is 0 Å². The van der Waals surface area contributed by atoms with E-state index in [1.54, 1.807) is 11.3 Å². The lowest BCUT2D eigenvalue weighted by Gasteiger charge is -2.01. The summed E-state index contributed by atoms with van der Waals surface area (Å²) in [7, 11) is 0. The Balaban J connectivity index is 2.02. The van der Waals surface area contributed by atoms with E-state index in [1.165, 1.54) is 12.4 Å². The highest BCUT2D eigenvalue weighted by Crippen LogP contribution is 2.11. The van der Waals surface area contributed by atoms with Crippen molar-refractivity contribution in [3.8, 4) is 5.88 Å². The van der Waals surface area contributed by atoms with Crippen LogP contribution < -0.4 is 10.3 Å². The molecule has 0 aliphatic rings. The Morgan fingerprint density at radius 3 is 3.21 bits per heavy atom. The molecule has 4 nitrogen and oxygen atoms in total. The van der Waals surface area contributed by atoms with Gasteiger partial charge in [-0.3, -0.25) is 4.79 Å². The molecule has 2 rings (SSSR count). The monoisotopic (exact) mass is 208 g/mol. The third-order valence-electron chi connectivity index (χ3n) is 1.60. The topological polar surface area (TPSA) is 55.0 Å². The SMILES string of the molecule is O=c1cc(OCc2cccs2)nc[nH]1. The Kier molecular flexibility index (Phi) is 2.60. The van der Waals surface area contributed by atoms with Gasteiger partial charge in [0.05, 0.1) is 12.4 Å². The lowest BCUT2D eigenvalue weighted by molar-refractivity contribution is 0.296. The number of H-pyrrole nitrogens is 1. The summed E-state index contributed by atoms with van der Waals surface area (Å²) in [5, 5.41) is 1.98. The van der Waals surface area contributed by atoms with Crippen LogP contribution in [-0.2, 0) is 6.61 Å². The number of aromatic amines is 1. The molecule has 5 heteroatoms. The van der Waals surface area contributed by atoms with Crippen molar-refractivity contribution in [2.45, 2.75) is 6.61 Å². The Morgan fingerprint density at radius 1 is 1.57 bits per heavy atom. The summed E-state index contributed by atoms with van der Waals surface area (Å²) < 4.78 is 5.31. The second kappa shape index (κ2) is 4.06. The van der Waals surface area contributed by atoms with Crippen molar-refractivity contribution in [2.75, 3.05) is 0 Å². The van der Waals surface area contributed by atoms with Gasteiger partial charge < -0.3 is 9.72 Å². The van der Waals surface area contributed by atoms with Crippen LogP contribution in [0.5, 0.6) is 5.88 Å². The predicted molar refractivity (Wildman–Crippen MR) is 53.5 cm³/mol. The molecule has 0 saturated carbocycles. The van der Waals surface area contributed by atoms with E-state index in [1.807, 2.05) is 17.5 Å². The first-order chi connectivity index (χ1) is 6.84. The number of ether oxygens (including phenoxy) is 1. The van der Waals surface area contributed by atoms with Crippen LogP contribution in [0.2, 0.25) is 0 Å². The predicted octanol–water partition coefficient (Wildman–Crippen LogP) is 1.41. The Labute approximate surface area is 84.2 Å².